The second-order valence-corrected chi connectivity index (χ2v) is 2.96. The minimum atomic E-state index is -0.584. The van der Waals surface area contributed by atoms with E-state index in [4.69, 9.17) is 5.73 Å². The van der Waals surface area contributed by atoms with E-state index in [-0.39, 0.29) is 0 Å². The zero-order valence-corrected chi connectivity index (χ0v) is 8.53. The van der Waals surface area contributed by atoms with Gasteiger partial charge in [0.15, 0.2) is 0 Å². The van der Waals surface area contributed by atoms with Gasteiger partial charge in [-0.3, -0.25) is 10.1 Å². The molecule has 15 heavy (non-hydrogen) atoms. The smallest absolute Gasteiger partial charge is 0.411 e. The lowest BCUT2D eigenvalue weighted by molar-refractivity contribution is 0.0999. The number of carbonyl (C=O) groups is 2. The third-order valence-corrected chi connectivity index (χ3v) is 2.02. The van der Waals surface area contributed by atoms with Crippen molar-refractivity contribution in [3.8, 4) is 0 Å². The first-order valence-electron chi connectivity index (χ1n) is 4.30. The summed E-state index contributed by atoms with van der Waals surface area (Å²) in [6.45, 7) is 1.70. The van der Waals surface area contributed by atoms with E-state index in [2.05, 4.69) is 10.1 Å². The van der Waals surface area contributed by atoms with Crippen molar-refractivity contribution < 1.29 is 14.3 Å². The fourth-order valence-corrected chi connectivity index (χ4v) is 1.20. The summed E-state index contributed by atoms with van der Waals surface area (Å²) in [6, 6.07) is 4.90. The number of benzene rings is 1. The normalized spacial score (nSPS) is 9.47. The Bertz CT molecular complexity index is 402. The molecule has 2 amide bonds. The first-order chi connectivity index (χ1) is 7.06. The lowest BCUT2D eigenvalue weighted by atomic mass is 10.1. The third kappa shape index (κ3) is 2.46. The van der Waals surface area contributed by atoms with E-state index in [0.717, 1.165) is 0 Å². The Morgan fingerprint density at radius 2 is 2.07 bits per heavy atom. The van der Waals surface area contributed by atoms with Gasteiger partial charge < -0.3 is 10.5 Å². The summed E-state index contributed by atoms with van der Waals surface area (Å²) in [5.74, 6) is -0.527. The van der Waals surface area contributed by atoms with Gasteiger partial charge in [-0.05, 0) is 24.6 Å². The van der Waals surface area contributed by atoms with Gasteiger partial charge in [-0.1, -0.05) is 6.07 Å². The predicted molar refractivity (Wildman–Crippen MR) is 55.7 cm³/mol. The molecule has 1 rings (SSSR count). The van der Waals surface area contributed by atoms with E-state index in [0.29, 0.717) is 16.8 Å². The molecule has 3 N–H and O–H groups in total. The molecular formula is C10H12N2O3. The van der Waals surface area contributed by atoms with Gasteiger partial charge in [0.1, 0.15) is 0 Å². The maximum atomic E-state index is 11.0. The first kappa shape index (κ1) is 11.0. The lowest BCUT2D eigenvalue weighted by Crippen LogP contribution is -2.16. The molecule has 0 atom stereocenters. The van der Waals surface area contributed by atoms with Crippen molar-refractivity contribution in [2.24, 2.45) is 5.73 Å². The van der Waals surface area contributed by atoms with Crippen LogP contribution >= 0.6 is 0 Å². The van der Waals surface area contributed by atoms with Gasteiger partial charge >= 0.3 is 6.09 Å². The molecule has 0 fully saturated rings. The zero-order chi connectivity index (χ0) is 11.4. The molecule has 0 unspecified atom stereocenters. The van der Waals surface area contributed by atoms with Crippen LogP contribution in [0.15, 0.2) is 18.2 Å². The van der Waals surface area contributed by atoms with Gasteiger partial charge in [-0.25, -0.2) is 4.79 Å². The number of primary amides is 1. The second-order valence-electron chi connectivity index (χ2n) is 2.96. The lowest BCUT2D eigenvalue weighted by Gasteiger charge is -2.09. The summed E-state index contributed by atoms with van der Waals surface area (Å²) in [6.07, 6.45) is -0.584. The summed E-state index contributed by atoms with van der Waals surface area (Å²) in [5.41, 5.74) is 6.68. The van der Waals surface area contributed by atoms with Gasteiger partial charge in [0.2, 0.25) is 5.91 Å². The Kier molecular flexibility index (Phi) is 3.28. The van der Waals surface area contributed by atoms with Crippen LogP contribution < -0.4 is 11.1 Å². The number of amides is 2. The average molecular weight is 208 g/mol. The average Bonchev–Trinajstić information content (AvgIpc) is 2.20. The van der Waals surface area contributed by atoms with E-state index in [9.17, 15) is 9.59 Å². The molecule has 80 valence electrons. The minimum absolute atomic E-state index is 0.379. The van der Waals surface area contributed by atoms with Crippen molar-refractivity contribution in [3.05, 3.63) is 29.3 Å². The quantitative estimate of drug-likeness (QED) is 0.767. The summed E-state index contributed by atoms with van der Waals surface area (Å²) >= 11 is 0. The van der Waals surface area contributed by atoms with Crippen molar-refractivity contribution in [2.45, 2.75) is 6.92 Å². The summed E-state index contributed by atoms with van der Waals surface area (Å²) in [7, 11) is 1.27. The van der Waals surface area contributed by atoms with Crippen LogP contribution in [-0.4, -0.2) is 19.1 Å². The Balaban J connectivity index is 3.04. The Hall–Kier alpha value is -2.04. The van der Waals surface area contributed by atoms with Crippen LogP contribution in [0.25, 0.3) is 0 Å². The number of ether oxygens (including phenoxy) is 1. The molecule has 0 saturated carbocycles. The molecule has 0 aliphatic rings. The van der Waals surface area contributed by atoms with Crippen LogP contribution in [0.1, 0.15) is 15.9 Å². The minimum Gasteiger partial charge on any atom is -0.453 e. The summed E-state index contributed by atoms with van der Waals surface area (Å²) in [5, 5.41) is 2.49. The molecule has 0 heterocycles. The molecule has 0 saturated heterocycles. The monoisotopic (exact) mass is 208 g/mol. The number of carbonyl (C=O) groups excluding carboxylic acids is 2. The second kappa shape index (κ2) is 4.45. The number of anilines is 1. The Morgan fingerprint density at radius 1 is 1.40 bits per heavy atom. The van der Waals surface area contributed by atoms with Crippen molar-refractivity contribution >= 4 is 17.7 Å². The SMILES string of the molecule is COC(=O)Nc1cccc(C(N)=O)c1C. The van der Waals surface area contributed by atoms with Crippen molar-refractivity contribution in [2.75, 3.05) is 12.4 Å². The van der Waals surface area contributed by atoms with E-state index < -0.39 is 12.0 Å². The van der Waals surface area contributed by atoms with Gasteiger partial charge in [0.25, 0.3) is 0 Å². The topological polar surface area (TPSA) is 81.4 Å². The maximum absolute atomic E-state index is 11.0. The summed E-state index contributed by atoms with van der Waals surface area (Å²) < 4.78 is 4.44. The highest BCUT2D eigenvalue weighted by Crippen LogP contribution is 2.18. The highest BCUT2D eigenvalue weighted by atomic mass is 16.5. The maximum Gasteiger partial charge on any atom is 0.411 e. The predicted octanol–water partition coefficient (Wildman–Crippen LogP) is 1.27. The molecule has 1 aromatic carbocycles. The van der Waals surface area contributed by atoms with E-state index in [1.165, 1.54) is 7.11 Å². The Labute approximate surface area is 87.2 Å². The molecule has 0 aliphatic heterocycles. The van der Waals surface area contributed by atoms with Crippen molar-refractivity contribution in [3.63, 3.8) is 0 Å². The molecule has 0 aliphatic carbocycles. The highest BCUT2D eigenvalue weighted by molar-refractivity contribution is 5.97. The van der Waals surface area contributed by atoms with Crippen LogP contribution in [0.3, 0.4) is 0 Å². The summed E-state index contributed by atoms with van der Waals surface area (Å²) in [4.78, 5) is 22.0. The number of nitrogens with two attached hydrogens (primary N) is 1. The van der Waals surface area contributed by atoms with Crippen LogP contribution in [0, 0.1) is 6.92 Å². The van der Waals surface area contributed by atoms with Gasteiger partial charge in [-0.2, -0.15) is 0 Å². The van der Waals surface area contributed by atoms with Gasteiger partial charge in [0.05, 0.1) is 7.11 Å². The molecule has 0 aromatic heterocycles. The number of nitrogens with one attached hydrogen (secondary N) is 1. The Morgan fingerprint density at radius 3 is 2.60 bits per heavy atom. The molecular weight excluding hydrogens is 196 g/mol. The molecule has 0 spiro atoms. The highest BCUT2D eigenvalue weighted by Gasteiger charge is 2.10. The molecule has 0 radical (unpaired) electrons. The number of hydrogen-bond donors (Lipinski definition) is 2. The number of rotatable bonds is 2. The van der Waals surface area contributed by atoms with Crippen molar-refractivity contribution in [1.82, 2.24) is 0 Å². The van der Waals surface area contributed by atoms with E-state index in [1.54, 1.807) is 25.1 Å². The first-order valence-corrected chi connectivity index (χ1v) is 4.30. The van der Waals surface area contributed by atoms with Gasteiger partial charge in [0, 0.05) is 11.3 Å². The number of hydrogen-bond acceptors (Lipinski definition) is 3. The van der Waals surface area contributed by atoms with E-state index in [1.807, 2.05) is 0 Å². The largest absolute Gasteiger partial charge is 0.453 e. The molecule has 0 bridgehead atoms. The fourth-order valence-electron chi connectivity index (χ4n) is 1.20. The zero-order valence-electron chi connectivity index (χ0n) is 8.53. The number of methoxy groups -OCH3 is 1. The van der Waals surface area contributed by atoms with Crippen molar-refractivity contribution in [1.29, 1.82) is 0 Å². The van der Waals surface area contributed by atoms with Crippen LogP contribution in [0.5, 0.6) is 0 Å². The van der Waals surface area contributed by atoms with Crippen LogP contribution in [0.4, 0.5) is 10.5 Å². The molecule has 5 heteroatoms. The molecule has 5 nitrogen and oxygen atoms in total. The van der Waals surface area contributed by atoms with E-state index >= 15 is 0 Å². The fraction of sp³-hybridized carbons (Fsp3) is 0.200. The van der Waals surface area contributed by atoms with Crippen LogP contribution in [-0.2, 0) is 4.74 Å². The standard InChI is InChI=1S/C10H12N2O3/c1-6-7(9(11)13)4-3-5-8(6)12-10(14)15-2/h3-5H,1-2H3,(H2,11,13)(H,12,14). The molecule has 1 aromatic rings. The third-order valence-electron chi connectivity index (χ3n) is 2.02. The van der Waals surface area contributed by atoms with Crippen LogP contribution in [0.2, 0.25) is 0 Å². The van der Waals surface area contributed by atoms with Gasteiger partial charge in [-0.15, -0.1) is 0 Å².